The van der Waals surface area contributed by atoms with Crippen LogP contribution in [0.1, 0.15) is 48.5 Å². The predicted molar refractivity (Wildman–Crippen MR) is 137 cm³/mol. The maximum absolute atomic E-state index is 13.1. The van der Waals surface area contributed by atoms with Crippen molar-refractivity contribution in [3.63, 3.8) is 0 Å². The van der Waals surface area contributed by atoms with Gasteiger partial charge in [0.25, 0.3) is 0 Å². The molecule has 190 valence electrons. The number of carbonyl (C=O) groups is 4. The normalized spacial score (nSPS) is 18.3. The summed E-state index contributed by atoms with van der Waals surface area (Å²) in [6, 6.07) is 14.4. The molecule has 1 N–H and O–H groups in total. The van der Waals surface area contributed by atoms with Crippen LogP contribution < -0.4 is 10.2 Å². The summed E-state index contributed by atoms with van der Waals surface area (Å²) in [5.74, 6) is -1.06. The minimum absolute atomic E-state index is 0.0117. The summed E-state index contributed by atoms with van der Waals surface area (Å²) in [5.41, 5.74) is 3.00. The van der Waals surface area contributed by atoms with Gasteiger partial charge in [-0.3, -0.25) is 14.4 Å². The second kappa shape index (κ2) is 11.4. The summed E-state index contributed by atoms with van der Waals surface area (Å²) >= 11 is 0. The van der Waals surface area contributed by atoms with Crippen molar-refractivity contribution in [1.29, 1.82) is 0 Å². The van der Waals surface area contributed by atoms with E-state index < -0.39 is 0 Å². The molecule has 2 aliphatic heterocycles. The van der Waals surface area contributed by atoms with Crippen LogP contribution in [0.4, 0.5) is 11.4 Å². The largest absolute Gasteiger partial charge is 0.462 e. The molecule has 1 unspecified atom stereocenters. The van der Waals surface area contributed by atoms with Crippen molar-refractivity contribution in [1.82, 2.24) is 4.90 Å². The van der Waals surface area contributed by atoms with Gasteiger partial charge in [0.15, 0.2) is 0 Å². The number of ether oxygens (including phenoxy) is 1. The van der Waals surface area contributed by atoms with Crippen LogP contribution in [0, 0.1) is 18.8 Å². The number of hydrogen-bond acceptors (Lipinski definition) is 5. The average molecular weight is 492 g/mol. The molecule has 4 rings (SSSR count). The SMILES string of the molecule is CCCOC(=O)c1ccc(NC(=O)C2CCN(C(=O)C3CC(=O)N(c4ccc(C)cc4)C3)CC2)cc1. The van der Waals surface area contributed by atoms with Crippen molar-refractivity contribution >= 4 is 35.1 Å². The van der Waals surface area contributed by atoms with E-state index in [9.17, 15) is 19.2 Å². The zero-order valence-electron chi connectivity index (χ0n) is 20.9. The summed E-state index contributed by atoms with van der Waals surface area (Å²) in [4.78, 5) is 53.8. The molecular weight excluding hydrogens is 458 g/mol. The number of aryl methyl sites for hydroxylation is 1. The van der Waals surface area contributed by atoms with Crippen molar-refractivity contribution in [2.75, 3.05) is 36.5 Å². The zero-order chi connectivity index (χ0) is 25.7. The molecule has 36 heavy (non-hydrogen) atoms. The van der Waals surface area contributed by atoms with Crippen LogP contribution in [0.2, 0.25) is 0 Å². The topological polar surface area (TPSA) is 96.0 Å². The predicted octanol–water partition coefficient (Wildman–Crippen LogP) is 3.79. The molecule has 2 heterocycles. The maximum atomic E-state index is 13.1. The van der Waals surface area contributed by atoms with E-state index in [4.69, 9.17) is 4.74 Å². The fraction of sp³-hybridized carbons (Fsp3) is 0.429. The molecule has 2 aromatic carbocycles. The number of nitrogens with zero attached hydrogens (tertiary/aromatic N) is 2. The Labute approximate surface area is 211 Å². The summed E-state index contributed by atoms with van der Waals surface area (Å²) < 4.78 is 5.12. The van der Waals surface area contributed by atoms with Gasteiger partial charge in [-0.1, -0.05) is 24.6 Å². The van der Waals surface area contributed by atoms with Crippen LogP contribution >= 0.6 is 0 Å². The quantitative estimate of drug-likeness (QED) is 0.595. The van der Waals surface area contributed by atoms with Gasteiger partial charge in [0.05, 0.1) is 18.1 Å². The lowest BCUT2D eigenvalue weighted by Gasteiger charge is -2.33. The van der Waals surface area contributed by atoms with Crippen molar-refractivity contribution in [2.45, 2.75) is 39.5 Å². The minimum Gasteiger partial charge on any atom is -0.462 e. The molecule has 2 saturated heterocycles. The van der Waals surface area contributed by atoms with E-state index in [0.29, 0.717) is 50.3 Å². The number of amides is 3. The Kier molecular flexibility index (Phi) is 8.03. The lowest BCUT2D eigenvalue weighted by Crippen LogP contribution is -2.44. The first-order valence-electron chi connectivity index (χ1n) is 12.6. The highest BCUT2D eigenvalue weighted by atomic mass is 16.5. The number of likely N-dealkylation sites (tertiary alicyclic amines) is 1. The van der Waals surface area contributed by atoms with Crippen LogP contribution in [0.3, 0.4) is 0 Å². The number of benzene rings is 2. The van der Waals surface area contributed by atoms with E-state index in [1.54, 1.807) is 34.1 Å². The standard InChI is InChI=1S/C28H33N3O5/c1-3-16-36-28(35)21-6-8-23(9-7-21)29-26(33)20-12-14-30(15-13-20)27(34)22-17-25(32)31(18-22)24-10-4-19(2)5-11-24/h4-11,20,22H,3,12-18H2,1-2H3,(H,29,33). The zero-order valence-corrected chi connectivity index (χ0v) is 20.9. The van der Waals surface area contributed by atoms with Crippen LogP contribution in [0.25, 0.3) is 0 Å². The Hall–Kier alpha value is -3.68. The van der Waals surface area contributed by atoms with Crippen molar-refractivity contribution < 1.29 is 23.9 Å². The third-order valence-electron chi connectivity index (χ3n) is 6.82. The fourth-order valence-electron chi connectivity index (χ4n) is 4.68. The minimum atomic E-state index is -0.377. The lowest BCUT2D eigenvalue weighted by atomic mass is 9.94. The van der Waals surface area contributed by atoms with Crippen LogP contribution in [-0.2, 0) is 19.1 Å². The third kappa shape index (κ3) is 5.93. The van der Waals surface area contributed by atoms with Crippen molar-refractivity contribution in [2.24, 2.45) is 11.8 Å². The number of piperidine rings is 1. The van der Waals surface area contributed by atoms with Gasteiger partial charge in [-0.15, -0.1) is 0 Å². The summed E-state index contributed by atoms with van der Waals surface area (Å²) in [6.45, 7) is 5.68. The Balaban J connectivity index is 1.26. The van der Waals surface area contributed by atoms with Crippen molar-refractivity contribution in [3.05, 3.63) is 59.7 Å². The average Bonchev–Trinajstić information content (AvgIpc) is 3.29. The first kappa shape index (κ1) is 25.4. The van der Waals surface area contributed by atoms with E-state index in [1.807, 2.05) is 38.1 Å². The number of rotatable bonds is 7. The number of carbonyl (C=O) groups excluding carboxylic acids is 4. The number of nitrogens with one attached hydrogen (secondary N) is 1. The third-order valence-corrected chi connectivity index (χ3v) is 6.82. The maximum Gasteiger partial charge on any atom is 0.338 e. The summed E-state index contributed by atoms with van der Waals surface area (Å²) in [7, 11) is 0. The van der Waals surface area contributed by atoms with E-state index in [0.717, 1.165) is 17.7 Å². The molecular formula is C28H33N3O5. The fourth-order valence-corrected chi connectivity index (χ4v) is 4.68. The highest BCUT2D eigenvalue weighted by Crippen LogP contribution is 2.28. The summed E-state index contributed by atoms with van der Waals surface area (Å²) in [6.07, 6.45) is 2.12. The van der Waals surface area contributed by atoms with Gasteiger partial charge < -0.3 is 19.9 Å². The van der Waals surface area contributed by atoms with Crippen molar-refractivity contribution in [3.8, 4) is 0 Å². The molecule has 2 aromatic rings. The number of esters is 1. The Morgan fingerprint density at radius 3 is 2.28 bits per heavy atom. The second-order valence-electron chi connectivity index (χ2n) is 9.54. The van der Waals surface area contributed by atoms with Gasteiger partial charge in [-0.2, -0.15) is 0 Å². The molecule has 8 nitrogen and oxygen atoms in total. The Morgan fingerprint density at radius 1 is 0.972 bits per heavy atom. The molecule has 0 aromatic heterocycles. The molecule has 0 aliphatic carbocycles. The molecule has 0 bridgehead atoms. The molecule has 0 saturated carbocycles. The molecule has 0 radical (unpaired) electrons. The molecule has 8 heteroatoms. The second-order valence-corrected chi connectivity index (χ2v) is 9.54. The Morgan fingerprint density at radius 2 is 1.64 bits per heavy atom. The van der Waals surface area contributed by atoms with Gasteiger partial charge in [0.1, 0.15) is 0 Å². The first-order chi connectivity index (χ1) is 17.4. The molecule has 2 aliphatic rings. The molecule has 2 fully saturated rings. The van der Waals surface area contributed by atoms with Crippen LogP contribution in [0.15, 0.2) is 48.5 Å². The van der Waals surface area contributed by atoms with Gasteiger partial charge >= 0.3 is 5.97 Å². The summed E-state index contributed by atoms with van der Waals surface area (Å²) in [5, 5.41) is 2.91. The van der Waals surface area contributed by atoms with Gasteiger partial charge in [0, 0.05) is 43.3 Å². The lowest BCUT2D eigenvalue weighted by molar-refractivity contribution is -0.138. The Bertz CT molecular complexity index is 1110. The van der Waals surface area contributed by atoms with Gasteiger partial charge in [-0.25, -0.2) is 4.79 Å². The molecule has 1 atom stereocenters. The monoisotopic (exact) mass is 491 g/mol. The van der Waals surface area contributed by atoms with E-state index in [-0.39, 0.29) is 41.9 Å². The molecule has 0 spiro atoms. The van der Waals surface area contributed by atoms with Crippen LogP contribution in [-0.4, -0.2) is 54.8 Å². The molecule has 3 amide bonds. The number of anilines is 2. The van der Waals surface area contributed by atoms with E-state index in [1.165, 1.54) is 0 Å². The highest BCUT2D eigenvalue weighted by molar-refractivity contribution is 6.00. The van der Waals surface area contributed by atoms with Gasteiger partial charge in [0.2, 0.25) is 17.7 Å². The van der Waals surface area contributed by atoms with Gasteiger partial charge in [-0.05, 0) is 62.6 Å². The van der Waals surface area contributed by atoms with E-state index >= 15 is 0 Å². The van der Waals surface area contributed by atoms with Crippen LogP contribution in [0.5, 0.6) is 0 Å². The van der Waals surface area contributed by atoms with E-state index in [2.05, 4.69) is 5.32 Å². The first-order valence-corrected chi connectivity index (χ1v) is 12.6. The number of hydrogen-bond donors (Lipinski definition) is 1. The smallest absolute Gasteiger partial charge is 0.338 e. The highest BCUT2D eigenvalue weighted by Gasteiger charge is 2.38.